The van der Waals surface area contributed by atoms with Gasteiger partial charge >= 0.3 is 39.5 Å². The highest BCUT2D eigenvalue weighted by Crippen LogP contribution is 2.45. The van der Waals surface area contributed by atoms with Gasteiger partial charge in [0.25, 0.3) is 0 Å². The number of esters is 4. The van der Waals surface area contributed by atoms with Gasteiger partial charge in [0.1, 0.15) is 19.3 Å². The van der Waals surface area contributed by atoms with E-state index in [-0.39, 0.29) is 25.7 Å². The lowest BCUT2D eigenvalue weighted by atomic mass is 9.99. The van der Waals surface area contributed by atoms with E-state index in [0.29, 0.717) is 31.6 Å². The Morgan fingerprint density at radius 1 is 0.326 bits per heavy atom. The van der Waals surface area contributed by atoms with E-state index in [1.165, 1.54) is 154 Å². The Bertz CT molecular complexity index is 1750. The number of carbonyl (C=O) groups is 4. The molecule has 89 heavy (non-hydrogen) atoms. The summed E-state index contributed by atoms with van der Waals surface area (Å²) < 4.78 is 68.3. The number of phosphoric ester groups is 2. The predicted octanol–water partition coefficient (Wildman–Crippen LogP) is 19.8. The van der Waals surface area contributed by atoms with Crippen LogP contribution in [0.4, 0.5) is 0 Å². The van der Waals surface area contributed by atoms with Gasteiger partial charge in [-0.1, -0.05) is 299 Å². The first kappa shape index (κ1) is 87.1. The third-order valence-electron chi connectivity index (χ3n) is 16.9. The topological polar surface area (TPSA) is 237 Å². The molecule has 0 aliphatic rings. The molecule has 0 saturated carbocycles. The molecule has 4 unspecified atom stereocenters. The van der Waals surface area contributed by atoms with E-state index in [1.807, 2.05) is 0 Å². The minimum atomic E-state index is -4.95. The Morgan fingerprint density at radius 2 is 0.573 bits per heavy atom. The Balaban J connectivity index is 5.26. The number of carbonyl (C=O) groups excluding carboxylic acids is 4. The standard InChI is InChI=1S/C70H136O17P2/c1-8-11-12-13-14-15-16-17-18-19-23-29-37-44-51-67(72)80-57-65(86-69(74)53-46-39-30-24-21-20-22-27-35-42-49-62(6)9-2)59-84-88(76,77)82-55-64(71)56-83-89(78,79)85-60-66(58-81-68(73)52-45-38-33-32-34-41-48-61(4)5)87-70(75)54-47-40-31-26-25-28-36-43-50-63(7)10-3/h61-66,71H,8-60H2,1-7H3,(H,76,77)(H,78,79)/t62?,63?,64-,65-,66-/m1/s1. The molecule has 528 valence electrons. The third-order valence-corrected chi connectivity index (χ3v) is 18.8. The average molecular weight is 1310 g/mol. The van der Waals surface area contributed by atoms with Gasteiger partial charge in [0.2, 0.25) is 0 Å². The first-order chi connectivity index (χ1) is 42.8. The molecule has 0 spiro atoms. The van der Waals surface area contributed by atoms with Crippen LogP contribution in [0.5, 0.6) is 0 Å². The minimum Gasteiger partial charge on any atom is -0.462 e. The van der Waals surface area contributed by atoms with Crippen LogP contribution in [0, 0.1) is 17.8 Å². The van der Waals surface area contributed by atoms with Crippen LogP contribution in [0.2, 0.25) is 0 Å². The maximum Gasteiger partial charge on any atom is 0.472 e. The van der Waals surface area contributed by atoms with Gasteiger partial charge in [-0.3, -0.25) is 37.3 Å². The maximum atomic E-state index is 13.0. The summed E-state index contributed by atoms with van der Waals surface area (Å²) in [4.78, 5) is 72.5. The normalized spacial score (nSPS) is 14.8. The Labute approximate surface area is 543 Å². The first-order valence-electron chi connectivity index (χ1n) is 36.4. The van der Waals surface area contributed by atoms with E-state index >= 15 is 0 Å². The highest BCUT2D eigenvalue weighted by Gasteiger charge is 2.30. The average Bonchev–Trinajstić information content (AvgIpc) is 3.72. The molecule has 19 heteroatoms. The van der Waals surface area contributed by atoms with Gasteiger partial charge in [-0.15, -0.1) is 0 Å². The summed E-state index contributed by atoms with van der Waals surface area (Å²) in [6.07, 6.45) is 44.4. The molecule has 0 aromatic rings. The van der Waals surface area contributed by atoms with Crippen molar-refractivity contribution in [3.05, 3.63) is 0 Å². The lowest BCUT2D eigenvalue weighted by molar-refractivity contribution is -0.161. The summed E-state index contributed by atoms with van der Waals surface area (Å²) in [5.41, 5.74) is 0. The second-order valence-electron chi connectivity index (χ2n) is 26.2. The van der Waals surface area contributed by atoms with E-state index < -0.39 is 97.5 Å². The molecule has 7 atom stereocenters. The van der Waals surface area contributed by atoms with E-state index in [0.717, 1.165) is 108 Å². The lowest BCUT2D eigenvalue weighted by Crippen LogP contribution is -2.30. The molecule has 0 aromatic carbocycles. The van der Waals surface area contributed by atoms with Gasteiger partial charge < -0.3 is 33.8 Å². The third kappa shape index (κ3) is 62.0. The number of rotatable bonds is 68. The van der Waals surface area contributed by atoms with Crippen LogP contribution >= 0.6 is 15.6 Å². The van der Waals surface area contributed by atoms with Crippen molar-refractivity contribution in [2.45, 2.75) is 369 Å². The largest absolute Gasteiger partial charge is 0.472 e. The smallest absolute Gasteiger partial charge is 0.462 e. The monoisotopic (exact) mass is 1310 g/mol. The highest BCUT2D eigenvalue weighted by atomic mass is 31.2. The van der Waals surface area contributed by atoms with Crippen LogP contribution in [0.15, 0.2) is 0 Å². The second-order valence-corrected chi connectivity index (χ2v) is 29.1. The molecule has 0 rings (SSSR count). The summed E-state index contributed by atoms with van der Waals surface area (Å²) in [6, 6.07) is 0. The van der Waals surface area contributed by atoms with Crippen molar-refractivity contribution >= 4 is 39.5 Å². The number of hydrogen-bond donors (Lipinski definition) is 3. The highest BCUT2D eigenvalue weighted by molar-refractivity contribution is 7.47. The van der Waals surface area contributed by atoms with E-state index in [1.54, 1.807) is 0 Å². The molecule has 0 fully saturated rings. The second kappa shape index (κ2) is 61.0. The van der Waals surface area contributed by atoms with Gasteiger partial charge in [0.15, 0.2) is 12.2 Å². The van der Waals surface area contributed by atoms with E-state index in [4.69, 9.17) is 37.0 Å². The van der Waals surface area contributed by atoms with Gasteiger partial charge in [0, 0.05) is 25.7 Å². The molecule has 0 saturated heterocycles. The summed E-state index contributed by atoms with van der Waals surface area (Å²) in [5, 5.41) is 10.6. The molecule has 17 nitrogen and oxygen atoms in total. The zero-order valence-corrected chi connectivity index (χ0v) is 59.7. The number of unbranched alkanes of at least 4 members (excludes halogenated alkanes) is 34. The van der Waals surface area contributed by atoms with Gasteiger partial charge in [-0.05, 0) is 43.4 Å². The van der Waals surface area contributed by atoms with Gasteiger partial charge in [0.05, 0.1) is 26.4 Å². The first-order valence-corrected chi connectivity index (χ1v) is 39.4. The Morgan fingerprint density at radius 3 is 0.854 bits per heavy atom. The van der Waals surface area contributed by atoms with Crippen molar-refractivity contribution in [1.29, 1.82) is 0 Å². The molecule has 0 amide bonds. The maximum absolute atomic E-state index is 13.0. The SMILES string of the molecule is CCCCCCCCCCCCCCCCC(=O)OC[C@H](COP(=O)(O)OC[C@@H](O)COP(=O)(O)OC[C@@H](COC(=O)CCCCCCCCC(C)C)OC(=O)CCCCCCCCCCC(C)CC)OC(=O)CCCCCCCCCCCCC(C)CC. The molecule has 0 aromatic heterocycles. The summed E-state index contributed by atoms with van der Waals surface area (Å²) >= 11 is 0. The number of phosphoric acid groups is 2. The van der Waals surface area contributed by atoms with Crippen LogP contribution < -0.4 is 0 Å². The van der Waals surface area contributed by atoms with Crippen molar-refractivity contribution in [2.24, 2.45) is 17.8 Å². The zero-order chi connectivity index (χ0) is 65.9. The minimum absolute atomic E-state index is 0.104. The van der Waals surface area contributed by atoms with E-state index in [2.05, 4.69) is 48.5 Å². The van der Waals surface area contributed by atoms with E-state index in [9.17, 15) is 43.2 Å². The van der Waals surface area contributed by atoms with Gasteiger partial charge in [-0.2, -0.15) is 0 Å². The molecule has 0 radical (unpaired) electrons. The molecule has 0 heterocycles. The van der Waals surface area contributed by atoms with Crippen LogP contribution in [-0.4, -0.2) is 96.7 Å². The van der Waals surface area contributed by atoms with Crippen LogP contribution in [0.1, 0.15) is 350 Å². The van der Waals surface area contributed by atoms with Crippen molar-refractivity contribution in [3.63, 3.8) is 0 Å². The van der Waals surface area contributed by atoms with Crippen molar-refractivity contribution in [3.8, 4) is 0 Å². The quantitative estimate of drug-likeness (QED) is 0.0222. The van der Waals surface area contributed by atoms with Crippen LogP contribution in [0.25, 0.3) is 0 Å². The molecular weight excluding hydrogens is 1170 g/mol. The zero-order valence-electron chi connectivity index (χ0n) is 57.9. The summed E-state index contributed by atoms with van der Waals surface area (Å²) in [6.45, 7) is 11.8. The number of aliphatic hydroxyl groups is 1. The fourth-order valence-electron chi connectivity index (χ4n) is 10.5. The van der Waals surface area contributed by atoms with Crippen molar-refractivity contribution < 1.29 is 80.2 Å². The lowest BCUT2D eigenvalue weighted by Gasteiger charge is -2.21. The van der Waals surface area contributed by atoms with Crippen molar-refractivity contribution in [2.75, 3.05) is 39.6 Å². The fourth-order valence-corrected chi connectivity index (χ4v) is 12.1. The summed E-state index contributed by atoms with van der Waals surface area (Å²) in [5.74, 6) is 0.123. The molecule has 0 bridgehead atoms. The molecular formula is C70H136O17P2. The summed E-state index contributed by atoms with van der Waals surface area (Å²) in [7, 11) is -9.90. The number of hydrogen-bond acceptors (Lipinski definition) is 15. The van der Waals surface area contributed by atoms with Crippen LogP contribution in [0.3, 0.4) is 0 Å². The molecule has 3 N–H and O–H groups in total. The molecule has 0 aliphatic carbocycles. The number of aliphatic hydroxyl groups excluding tert-OH is 1. The Kier molecular flexibility index (Phi) is 59.6. The predicted molar refractivity (Wildman–Crippen MR) is 358 cm³/mol. The fraction of sp³-hybridized carbons (Fsp3) is 0.943. The number of ether oxygens (including phenoxy) is 4. The van der Waals surface area contributed by atoms with Gasteiger partial charge in [-0.25, -0.2) is 9.13 Å². The van der Waals surface area contributed by atoms with Crippen LogP contribution in [-0.2, 0) is 65.4 Å². The Hall–Kier alpha value is -1.94. The van der Waals surface area contributed by atoms with Crippen molar-refractivity contribution in [1.82, 2.24) is 0 Å². The molecule has 0 aliphatic heterocycles.